The van der Waals surface area contributed by atoms with Crippen LogP contribution in [0.5, 0.6) is 11.5 Å². The molecule has 0 bridgehead atoms. The predicted molar refractivity (Wildman–Crippen MR) is 69.1 cm³/mol. The summed E-state index contributed by atoms with van der Waals surface area (Å²) < 4.78 is 0. The van der Waals surface area contributed by atoms with Crippen molar-refractivity contribution in [1.29, 1.82) is 0 Å². The number of carbonyl (C=O) groups excluding carboxylic acids is 1. The van der Waals surface area contributed by atoms with Crippen LogP contribution < -0.4 is 5.43 Å². The van der Waals surface area contributed by atoms with Crippen LogP contribution in [-0.4, -0.2) is 27.3 Å². The summed E-state index contributed by atoms with van der Waals surface area (Å²) in [6, 6.07) is 9.01. The van der Waals surface area contributed by atoms with Gasteiger partial charge < -0.3 is 10.2 Å². The van der Waals surface area contributed by atoms with Crippen molar-refractivity contribution < 1.29 is 15.0 Å². The summed E-state index contributed by atoms with van der Waals surface area (Å²) >= 11 is 0. The lowest BCUT2D eigenvalue weighted by Gasteiger charge is -2.00. The number of phenols is 2. The maximum atomic E-state index is 11.6. The smallest absolute Gasteiger partial charge is 0.289 e. The van der Waals surface area contributed by atoms with Gasteiger partial charge in [-0.2, -0.15) is 5.10 Å². The van der Waals surface area contributed by atoms with Crippen LogP contribution in [0.3, 0.4) is 0 Å². The molecule has 96 valence electrons. The molecule has 3 N–H and O–H groups in total. The highest BCUT2D eigenvalue weighted by molar-refractivity contribution is 5.93. The molecule has 6 heteroatoms. The second-order valence-corrected chi connectivity index (χ2v) is 3.66. The van der Waals surface area contributed by atoms with Gasteiger partial charge in [-0.1, -0.05) is 6.07 Å². The van der Waals surface area contributed by atoms with E-state index in [4.69, 9.17) is 5.11 Å². The maximum absolute atomic E-state index is 11.6. The van der Waals surface area contributed by atoms with E-state index < -0.39 is 5.91 Å². The summed E-state index contributed by atoms with van der Waals surface area (Å²) in [5, 5.41) is 22.3. The Morgan fingerprint density at radius 1 is 1.26 bits per heavy atom. The second-order valence-electron chi connectivity index (χ2n) is 3.66. The molecule has 1 aromatic carbocycles. The topological polar surface area (TPSA) is 94.8 Å². The minimum atomic E-state index is -0.449. The largest absolute Gasteiger partial charge is 0.508 e. The standard InChI is InChI=1S/C13H11N3O3/c17-10-5-4-9(12(18)7-10)8-15-16-13(19)11-3-1-2-6-14-11/h1-8,17-18H,(H,16,19)/b15-8+. The minimum Gasteiger partial charge on any atom is -0.508 e. The van der Waals surface area contributed by atoms with Crippen LogP contribution in [0.25, 0.3) is 0 Å². The van der Waals surface area contributed by atoms with E-state index in [1.165, 1.54) is 30.6 Å². The zero-order valence-corrected chi connectivity index (χ0v) is 9.82. The number of aromatic hydroxyl groups is 2. The number of amides is 1. The van der Waals surface area contributed by atoms with Crippen LogP contribution in [0.15, 0.2) is 47.7 Å². The van der Waals surface area contributed by atoms with Gasteiger partial charge in [-0.3, -0.25) is 9.78 Å². The molecule has 2 rings (SSSR count). The fourth-order valence-corrected chi connectivity index (χ4v) is 1.36. The van der Waals surface area contributed by atoms with Crippen molar-refractivity contribution in [3.8, 4) is 11.5 Å². The average Bonchev–Trinajstić information content (AvgIpc) is 2.42. The van der Waals surface area contributed by atoms with Crippen LogP contribution in [0, 0.1) is 0 Å². The fourth-order valence-electron chi connectivity index (χ4n) is 1.36. The molecular weight excluding hydrogens is 246 g/mol. The van der Waals surface area contributed by atoms with Gasteiger partial charge in [-0.15, -0.1) is 0 Å². The molecule has 19 heavy (non-hydrogen) atoms. The molecule has 0 saturated heterocycles. The Morgan fingerprint density at radius 3 is 2.79 bits per heavy atom. The number of carbonyl (C=O) groups is 1. The van der Waals surface area contributed by atoms with Crippen molar-refractivity contribution in [3.05, 3.63) is 53.9 Å². The first-order valence-electron chi connectivity index (χ1n) is 5.43. The number of nitrogens with zero attached hydrogens (tertiary/aromatic N) is 2. The number of pyridine rings is 1. The summed E-state index contributed by atoms with van der Waals surface area (Å²) in [5.74, 6) is -0.627. The Hall–Kier alpha value is -2.89. The molecule has 0 saturated carbocycles. The molecule has 1 amide bonds. The molecule has 0 aliphatic carbocycles. The first kappa shape index (κ1) is 12.6. The lowest BCUT2D eigenvalue weighted by molar-refractivity contribution is 0.0950. The number of hydrogen-bond donors (Lipinski definition) is 3. The third kappa shape index (κ3) is 3.29. The molecule has 0 aliphatic rings. The molecule has 2 aromatic rings. The summed E-state index contributed by atoms with van der Waals surface area (Å²) in [5.41, 5.74) is 2.90. The van der Waals surface area contributed by atoms with Crippen molar-refractivity contribution >= 4 is 12.1 Å². The predicted octanol–water partition coefficient (Wildman–Crippen LogP) is 1.26. The first-order chi connectivity index (χ1) is 9.16. The van der Waals surface area contributed by atoms with Gasteiger partial charge in [-0.25, -0.2) is 5.43 Å². The number of hydrogen-bond acceptors (Lipinski definition) is 5. The van der Waals surface area contributed by atoms with Crippen LogP contribution in [0.2, 0.25) is 0 Å². The highest BCUT2D eigenvalue weighted by atomic mass is 16.3. The van der Waals surface area contributed by atoms with E-state index in [-0.39, 0.29) is 17.2 Å². The number of phenolic OH excluding ortho intramolecular Hbond substituents is 2. The highest BCUT2D eigenvalue weighted by Gasteiger charge is 2.04. The van der Waals surface area contributed by atoms with Gasteiger partial charge >= 0.3 is 0 Å². The van der Waals surface area contributed by atoms with Gasteiger partial charge in [0.15, 0.2) is 0 Å². The Labute approximate surface area is 109 Å². The zero-order valence-electron chi connectivity index (χ0n) is 9.82. The molecule has 6 nitrogen and oxygen atoms in total. The number of hydrazone groups is 1. The SMILES string of the molecule is O=C(N/N=C/c1ccc(O)cc1O)c1ccccn1. The monoisotopic (exact) mass is 257 g/mol. The van der Waals surface area contributed by atoms with E-state index in [2.05, 4.69) is 15.5 Å². The second kappa shape index (κ2) is 5.63. The molecule has 0 aliphatic heterocycles. The Morgan fingerprint density at radius 2 is 2.11 bits per heavy atom. The zero-order chi connectivity index (χ0) is 13.7. The normalized spacial score (nSPS) is 10.5. The van der Waals surface area contributed by atoms with Crippen molar-refractivity contribution in [2.24, 2.45) is 5.10 Å². The summed E-state index contributed by atoms with van der Waals surface area (Å²) in [4.78, 5) is 15.4. The molecule has 0 atom stereocenters. The van der Waals surface area contributed by atoms with Crippen molar-refractivity contribution in [1.82, 2.24) is 10.4 Å². The first-order valence-corrected chi connectivity index (χ1v) is 5.43. The third-order valence-electron chi connectivity index (χ3n) is 2.28. The summed E-state index contributed by atoms with van der Waals surface area (Å²) in [7, 11) is 0. The highest BCUT2D eigenvalue weighted by Crippen LogP contribution is 2.20. The Kier molecular flexibility index (Phi) is 3.72. The van der Waals surface area contributed by atoms with Crippen LogP contribution >= 0.6 is 0 Å². The van der Waals surface area contributed by atoms with E-state index >= 15 is 0 Å². The Balaban J connectivity index is 2.02. The average molecular weight is 257 g/mol. The van der Waals surface area contributed by atoms with Gasteiger partial charge in [0, 0.05) is 17.8 Å². The number of rotatable bonds is 3. The van der Waals surface area contributed by atoms with Gasteiger partial charge in [0.05, 0.1) is 6.21 Å². The molecule has 1 heterocycles. The number of nitrogens with one attached hydrogen (secondary N) is 1. The minimum absolute atomic E-state index is 0.0489. The van der Waals surface area contributed by atoms with Crippen molar-refractivity contribution in [2.45, 2.75) is 0 Å². The molecule has 0 unspecified atom stereocenters. The maximum Gasteiger partial charge on any atom is 0.289 e. The molecule has 1 aromatic heterocycles. The quantitative estimate of drug-likeness (QED) is 0.569. The third-order valence-corrected chi connectivity index (χ3v) is 2.28. The van der Waals surface area contributed by atoms with Gasteiger partial charge in [-0.05, 0) is 24.3 Å². The summed E-state index contributed by atoms with van der Waals surface area (Å²) in [6.07, 6.45) is 2.78. The van der Waals surface area contributed by atoms with E-state index in [1.807, 2.05) is 0 Å². The lowest BCUT2D eigenvalue weighted by atomic mass is 10.2. The lowest BCUT2D eigenvalue weighted by Crippen LogP contribution is -2.18. The van der Waals surface area contributed by atoms with E-state index in [9.17, 15) is 9.90 Å². The molecule has 0 spiro atoms. The van der Waals surface area contributed by atoms with E-state index in [0.29, 0.717) is 5.56 Å². The molecule has 0 fully saturated rings. The number of benzene rings is 1. The van der Waals surface area contributed by atoms with Gasteiger partial charge in [0.2, 0.25) is 0 Å². The van der Waals surface area contributed by atoms with E-state index in [0.717, 1.165) is 0 Å². The molecular formula is C13H11N3O3. The number of aromatic nitrogens is 1. The van der Waals surface area contributed by atoms with Crippen molar-refractivity contribution in [2.75, 3.05) is 0 Å². The molecule has 0 radical (unpaired) electrons. The summed E-state index contributed by atoms with van der Waals surface area (Å²) in [6.45, 7) is 0. The van der Waals surface area contributed by atoms with Gasteiger partial charge in [0.1, 0.15) is 17.2 Å². The van der Waals surface area contributed by atoms with Crippen molar-refractivity contribution in [3.63, 3.8) is 0 Å². The van der Waals surface area contributed by atoms with Gasteiger partial charge in [0.25, 0.3) is 5.91 Å². The van der Waals surface area contributed by atoms with Crippen LogP contribution in [-0.2, 0) is 0 Å². The fraction of sp³-hybridized carbons (Fsp3) is 0. The van der Waals surface area contributed by atoms with E-state index in [1.54, 1.807) is 18.2 Å². The van der Waals surface area contributed by atoms with Crippen LogP contribution in [0.4, 0.5) is 0 Å². The van der Waals surface area contributed by atoms with Crippen LogP contribution in [0.1, 0.15) is 16.1 Å². The Bertz CT molecular complexity index is 612.